The molecule has 5 atom stereocenters. The van der Waals surface area contributed by atoms with E-state index in [1.165, 1.54) is 12.0 Å². The number of amides is 3. The van der Waals surface area contributed by atoms with Crippen molar-refractivity contribution in [3.63, 3.8) is 0 Å². The van der Waals surface area contributed by atoms with Crippen LogP contribution in [0.5, 0.6) is 0 Å². The number of fused-ring (bicyclic) bond motifs is 1. The third-order valence-electron chi connectivity index (χ3n) is 7.22. The second kappa shape index (κ2) is 7.65. The highest BCUT2D eigenvalue weighted by Crippen LogP contribution is 2.60. The Kier molecular flexibility index (Phi) is 5.14. The van der Waals surface area contributed by atoms with Gasteiger partial charge in [0.2, 0.25) is 17.7 Å². The number of nitrogens with zero attached hydrogens (tertiary/aromatic N) is 1. The minimum absolute atomic E-state index is 0.128. The number of methoxy groups -OCH3 is 1. The zero-order valence-electron chi connectivity index (χ0n) is 20.6. The SMILES string of the molecule is COC(=O)c1ccc(N2C(=O)[C@@H]3[C@H](C(=O)NC4CC4)[C@@]4(C)C=C[C@@]3(O4)[C@H]2C(=O)NC(C)(C)C)cc1. The zero-order chi connectivity index (χ0) is 25.3. The number of esters is 1. The van der Waals surface area contributed by atoms with Crippen LogP contribution >= 0.6 is 0 Å². The van der Waals surface area contributed by atoms with Crippen molar-refractivity contribution in [2.75, 3.05) is 12.0 Å². The Morgan fingerprint density at radius 1 is 1.09 bits per heavy atom. The highest BCUT2D eigenvalue weighted by molar-refractivity contribution is 6.10. The summed E-state index contributed by atoms with van der Waals surface area (Å²) in [4.78, 5) is 54.4. The van der Waals surface area contributed by atoms with Crippen LogP contribution < -0.4 is 15.5 Å². The maximum Gasteiger partial charge on any atom is 0.337 e. The van der Waals surface area contributed by atoms with Crippen molar-refractivity contribution >= 4 is 29.4 Å². The second-order valence-electron chi connectivity index (χ2n) is 11.1. The van der Waals surface area contributed by atoms with E-state index in [1.54, 1.807) is 37.3 Å². The fourth-order valence-electron chi connectivity index (χ4n) is 5.64. The topological polar surface area (TPSA) is 114 Å². The molecule has 9 heteroatoms. The molecule has 3 amide bonds. The summed E-state index contributed by atoms with van der Waals surface area (Å²) >= 11 is 0. The number of hydrogen-bond donors (Lipinski definition) is 2. The highest BCUT2D eigenvalue weighted by Gasteiger charge is 2.76. The molecule has 1 spiro atoms. The minimum Gasteiger partial charge on any atom is -0.465 e. The summed E-state index contributed by atoms with van der Waals surface area (Å²) in [5.74, 6) is -3.07. The molecule has 2 bridgehead atoms. The van der Waals surface area contributed by atoms with Gasteiger partial charge in [-0.05, 0) is 64.8 Å². The molecule has 1 saturated carbocycles. The fraction of sp³-hybridized carbons (Fsp3) is 0.538. The van der Waals surface area contributed by atoms with E-state index in [1.807, 2.05) is 26.8 Å². The molecule has 3 aliphatic heterocycles. The van der Waals surface area contributed by atoms with Gasteiger partial charge < -0.3 is 20.1 Å². The van der Waals surface area contributed by atoms with E-state index in [0.717, 1.165) is 12.8 Å². The predicted octanol–water partition coefficient (Wildman–Crippen LogP) is 1.71. The zero-order valence-corrected chi connectivity index (χ0v) is 20.6. The van der Waals surface area contributed by atoms with Gasteiger partial charge in [-0.25, -0.2) is 4.79 Å². The van der Waals surface area contributed by atoms with Gasteiger partial charge in [-0.15, -0.1) is 0 Å². The number of carbonyl (C=O) groups excluding carboxylic acids is 4. The molecule has 1 aliphatic carbocycles. The molecule has 2 saturated heterocycles. The van der Waals surface area contributed by atoms with Gasteiger partial charge in [0, 0.05) is 17.3 Å². The third-order valence-corrected chi connectivity index (χ3v) is 7.22. The van der Waals surface area contributed by atoms with E-state index in [4.69, 9.17) is 9.47 Å². The lowest BCUT2D eigenvalue weighted by molar-refractivity contribution is -0.134. The van der Waals surface area contributed by atoms with Gasteiger partial charge in [0.1, 0.15) is 11.6 Å². The van der Waals surface area contributed by atoms with Crippen molar-refractivity contribution in [2.45, 2.75) is 69.4 Å². The number of benzene rings is 1. The van der Waals surface area contributed by atoms with E-state index in [0.29, 0.717) is 11.3 Å². The number of ether oxygens (including phenoxy) is 2. The van der Waals surface area contributed by atoms with Crippen LogP contribution in [0.1, 0.15) is 50.9 Å². The van der Waals surface area contributed by atoms with Crippen LogP contribution in [0.25, 0.3) is 0 Å². The molecule has 0 radical (unpaired) electrons. The standard InChI is InChI=1S/C26H31N3O6/c1-24(2,3)28-21(31)19-26-13-12-25(4,35-26)17(20(30)27-15-8-9-15)18(26)22(32)29(19)16-10-6-14(7-11-16)23(33)34-5/h6-7,10-13,15,17-19H,8-9H2,1-5H3,(H,27,30)(H,28,31)/t17-,18+,19-,25-,26+/m1/s1. The number of rotatable bonds is 5. The quantitative estimate of drug-likeness (QED) is 0.489. The van der Waals surface area contributed by atoms with Crippen LogP contribution in [-0.2, 0) is 23.9 Å². The first kappa shape index (κ1) is 23.5. The molecule has 1 aromatic carbocycles. The fourth-order valence-corrected chi connectivity index (χ4v) is 5.64. The Labute approximate surface area is 204 Å². The van der Waals surface area contributed by atoms with Crippen molar-refractivity contribution in [1.82, 2.24) is 10.6 Å². The van der Waals surface area contributed by atoms with Gasteiger partial charge >= 0.3 is 5.97 Å². The summed E-state index contributed by atoms with van der Waals surface area (Å²) in [6.45, 7) is 7.39. The first-order chi connectivity index (χ1) is 16.4. The Hall–Kier alpha value is -3.20. The summed E-state index contributed by atoms with van der Waals surface area (Å²) in [6, 6.07) is 5.41. The largest absolute Gasteiger partial charge is 0.465 e. The number of nitrogens with one attached hydrogen (secondary N) is 2. The summed E-state index contributed by atoms with van der Waals surface area (Å²) < 4.78 is 11.3. The molecule has 186 valence electrons. The maximum atomic E-state index is 14.0. The molecule has 3 fully saturated rings. The van der Waals surface area contributed by atoms with Crippen LogP contribution in [0.2, 0.25) is 0 Å². The van der Waals surface area contributed by atoms with Crippen molar-refractivity contribution in [1.29, 1.82) is 0 Å². The molecule has 2 N–H and O–H groups in total. The van der Waals surface area contributed by atoms with Crippen molar-refractivity contribution in [3.05, 3.63) is 42.0 Å². The van der Waals surface area contributed by atoms with Gasteiger partial charge in [-0.1, -0.05) is 12.2 Å². The first-order valence-electron chi connectivity index (χ1n) is 11.9. The molecule has 3 heterocycles. The Balaban J connectivity index is 1.58. The minimum atomic E-state index is -1.28. The van der Waals surface area contributed by atoms with E-state index in [9.17, 15) is 19.2 Å². The van der Waals surface area contributed by atoms with E-state index >= 15 is 0 Å². The van der Waals surface area contributed by atoms with E-state index < -0.39 is 40.6 Å². The molecule has 5 rings (SSSR count). The molecule has 4 aliphatic rings. The Morgan fingerprint density at radius 2 is 1.74 bits per heavy atom. The highest BCUT2D eigenvalue weighted by atomic mass is 16.5. The summed E-state index contributed by atoms with van der Waals surface area (Å²) in [5.41, 5.74) is -2.06. The van der Waals surface area contributed by atoms with Crippen LogP contribution in [0.3, 0.4) is 0 Å². The lowest BCUT2D eigenvalue weighted by atomic mass is 9.70. The monoisotopic (exact) mass is 481 g/mol. The van der Waals surface area contributed by atoms with Gasteiger partial charge in [-0.3, -0.25) is 19.3 Å². The number of anilines is 1. The third kappa shape index (κ3) is 3.64. The van der Waals surface area contributed by atoms with Gasteiger partial charge in [0.15, 0.2) is 0 Å². The first-order valence-corrected chi connectivity index (χ1v) is 11.9. The number of hydrogen-bond acceptors (Lipinski definition) is 6. The van der Waals surface area contributed by atoms with Crippen LogP contribution in [-0.4, -0.2) is 59.6 Å². The van der Waals surface area contributed by atoms with E-state index in [-0.39, 0.29) is 23.8 Å². The molecule has 9 nitrogen and oxygen atoms in total. The van der Waals surface area contributed by atoms with Crippen molar-refractivity contribution in [3.8, 4) is 0 Å². The van der Waals surface area contributed by atoms with Crippen molar-refractivity contribution in [2.24, 2.45) is 11.8 Å². The number of carbonyl (C=O) groups is 4. The van der Waals surface area contributed by atoms with Crippen LogP contribution in [0, 0.1) is 11.8 Å². The summed E-state index contributed by atoms with van der Waals surface area (Å²) in [6.07, 6.45) is 5.44. The smallest absolute Gasteiger partial charge is 0.337 e. The molecule has 35 heavy (non-hydrogen) atoms. The van der Waals surface area contributed by atoms with E-state index in [2.05, 4.69) is 10.6 Å². The Bertz CT molecular complexity index is 1130. The summed E-state index contributed by atoms with van der Waals surface area (Å²) in [7, 11) is 1.29. The van der Waals surface area contributed by atoms with Gasteiger partial charge in [0.05, 0.1) is 30.1 Å². The van der Waals surface area contributed by atoms with Gasteiger partial charge in [-0.2, -0.15) is 0 Å². The molecule has 0 aromatic heterocycles. The Morgan fingerprint density at radius 3 is 2.31 bits per heavy atom. The maximum absolute atomic E-state index is 14.0. The molecule has 0 unspecified atom stereocenters. The van der Waals surface area contributed by atoms with Crippen LogP contribution in [0.15, 0.2) is 36.4 Å². The summed E-state index contributed by atoms with van der Waals surface area (Å²) in [5, 5.41) is 6.01. The lowest BCUT2D eigenvalue weighted by Crippen LogP contribution is -2.58. The average Bonchev–Trinajstić information content (AvgIpc) is 3.40. The van der Waals surface area contributed by atoms with Crippen LogP contribution in [0.4, 0.5) is 5.69 Å². The van der Waals surface area contributed by atoms with Crippen molar-refractivity contribution < 1.29 is 28.7 Å². The normalized spacial score (nSPS) is 33.0. The lowest BCUT2D eigenvalue weighted by Gasteiger charge is -2.35. The van der Waals surface area contributed by atoms with Gasteiger partial charge in [0.25, 0.3) is 0 Å². The second-order valence-corrected chi connectivity index (χ2v) is 11.1. The average molecular weight is 482 g/mol. The predicted molar refractivity (Wildman–Crippen MR) is 126 cm³/mol. The molecule has 1 aromatic rings. The molecular formula is C26H31N3O6. The molecular weight excluding hydrogens is 450 g/mol.